The number of esters is 4. The van der Waals surface area contributed by atoms with Gasteiger partial charge in [0.05, 0.1) is 25.0 Å². The zero-order valence-corrected chi connectivity index (χ0v) is 32.9. The first-order valence-corrected chi connectivity index (χ1v) is 21.4. The Bertz CT molecular complexity index is 1390. The SMILES string of the molecule is C=CC(=O)OCCC[C@H]1CC[C@H]([C@H]2CC[C@H](C(=O)Oc3ccc(CC)cc3OC(=O)[C@H]3CC[C@H]([C@H]4CC[C@H](CCCOC(=O)C=C)CC4)CC3)CC2)CC1. The van der Waals surface area contributed by atoms with Crippen molar-refractivity contribution in [2.24, 2.45) is 47.3 Å². The van der Waals surface area contributed by atoms with Crippen LogP contribution in [0, 0.1) is 47.3 Å². The zero-order valence-electron chi connectivity index (χ0n) is 32.9. The van der Waals surface area contributed by atoms with Crippen molar-refractivity contribution < 1.29 is 38.1 Å². The van der Waals surface area contributed by atoms with Gasteiger partial charge in [0.15, 0.2) is 11.5 Å². The highest BCUT2D eigenvalue weighted by Crippen LogP contribution is 2.44. The van der Waals surface area contributed by atoms with Gasteiger partial charge in [-0.1, -0.05) is 51.8 Å². The average molecular weight is 747 g/mol. The number of benzene rings is 1. The molecule has 0 heterocycles. The molecule has 4 aliphatic carbocycles. The molecule has 1 aromatic rings. The van der Waals surface area contributed by atoms with Crippen molar-refractivity contribution >= 4 is 23.9 Å². The molecular formula is C46H66O8. The van der Waals surface area contributed by atoms with E-state index in [0.717, 1.165) is 101 Å². The predicted octanol–water partition coefficient (Wildman–Crippen LogP) is 10.3. The monoisotopic (exact) mass is 746 g/mol. The highest BCUT2D eigenvalue weighted by Gasteiger charge is 2.36. The van der Waals surface area contributed by atoms with Crippen LogP contribution in [0.5, 0.6) is 11.5 Å². The highest BCUT2D eigenvalue weighted by molar-refractivity contribution is 5.81. The zero-order chi connectivity index (χ0) is 38.3. The van der Waals surface area contributed by atoms with E-state index in [1.807, 2.05) is 12.1 Å². The molecule has 0 atom stereocenters. The lowest BCUT2D eigenvalue weighted by Crippen LogP contribution is -2.31. The summed E-state index contributed by atoms with van der Waals surface area (Å²) < 4.78 is 22.3. The molecule has 1 aromatic carbocycles. The van der Waals surface area contributed by atoms with Crippen LogP contribution < -0.4 is 9.47 Å². The van der Waals surface area contributed by atoms with Crippen LogP contribution >= 0.6 is 0 Å². The van der Waals surface area contributed by atoms with Crippen molar-refractivity contribution in [2.75, 3.05) is 13.2 Å². The van der Waals surface area contributed by atoms with Crippen LogP contribution in [0.3, 0.4) is 0 Å². The van der Waals surface area contributed by atoms with E-state index in [0.29, 0.717) is 48.4 Å². The minimum absolute atomic E-state index is 0.127. The summed E-state index contributed by atoms with van der Waals surface area (Å²) in [6.45, 7) is 9.91. The molecule has 0 unspecified atom stereocenters. The fourth-order valence-electron chi connectivity index (χ4n) is 10.1. The van der Waals surface area contributed by atoms with Crippen LogP contribution in [0.1, 0.15) is 141 Å². The Balaban J connectivity index is 1.02. The molecule has 4 fully saturated rings. The highest BCUT2D eigenvalue weighted by atomic mass is 16.6. The van der Waals surface area contributed by atoms with E-state index < -0.39 is 0 Å². The van der Waals surface area contributed by atoms with E-state index in [2.05, 4.69) is 20.1 Å². The van der Waals surface area contributed by atoms with Crippen molar-refractivity contribution in [1.82, 2.24) is 0 Å². The third-order valence-corrected chi connectivity index (χ3v) is 13.5. The topological polar surface area (TPSA) is 105 Å². The summed E-state index contributed by atoms with van der Waals surface area (Å²) in [5, 5.41) is 0. The number of carbonyl (C=O) groups excluding carboxylic acids is 4. The molecule has 8 nitrogen and oxygen atoms in total. The Morgan fingerprint density at radius 1 is 0.574 bits per heavy atom. The summed E-state index contributed by atoms with van der Waals surface area (Å²) in [5.41, 5.74) is 1.04. The molecule has 8 heteroatoms. The number of aryl methyl sites for hydroxylation is 1. The van der Waals surface area contributed by atoms with E-state index >= 15 is 0 Å². The van der Waals surface area contributed by atoms with E-state index in [4.69, 9.17) is 18.9 Å². The molecule has 298 valence electrons. The van der Waals surface area contributed by atoms with Gasteiger partial charge >= 0.3 is 23.9 Å². The van der Waals surface area contributed by atoms with E-state index in [-0.39, 0.29) is 35.7 Å². The molecule has 0 aromatic heterocycles. The summed E-state index contributed by atoms with van der Waals surface area (Å²) >= 11 is 0. The van der Waals surface area contributed by atoms with Gasteiger partial charge in [0, 0.05) is 12.2 Å². The standard InChI is InChI=1S/C46H66O8/c1-4-32-15-28-41(53-45(49)39-24-20-37(21-25-39)35-16-11-33(12-17-35)9-7-29-51-43(47)5-2)42(31-32)54-46(50)40-26-22-38(23-27-40)36-18-13-34(14-19-36)10-8-30-52-44(48)6-3/h5-6,15,28,31,33-40H,2-4,7-14,16-27,29-30H2,1H3/t33-,34-,35-,36-,37-,38-,39-,40-. The van der Waals surface area contributed by atoms with Crippen molar-refractivity contribution in [2.45, 2.75) is 142 Å². The summed E-state index contributed by atoms with van der Waals surface area (Å²) in [5.74, 6) is 3.60. The van der Waals surface area contributed by atoms with Gasteiger partial charge in [0.1, 0.15) is 0 Å². The lowest BCUT2D eigenvalue weighted by atomic mass is 9.68. The van der Waals surface area contributed by atoms with Gasteiger partial charge in [-0.2, -0.15) is 0 Å². The molecule has 0 amide bonds. The summed E-state index contributed by atoms with van der Waals surface area (Å²) in [4.78, 5) is 49.5. The lowest BCUT2D eigenvalue weighted by Gasteiger charge is -2.37. The normalized spacial score (nSPS) is 28.6. The second-order valence-electron chi connectivity index (χ2n) is 16.8. The van der Waals surface area contributed by atoms with Crippen LogP contribution in [0.4, 0.5) is 0 Å². The largest absolute Gasteiger partial charge is 0.463 e. The van der Waals surface area contributed by atoms with Gasteiger partial charge in [0.2, 0.25) is 0 Å². The van der Waals surface area contributed by atoms with Crippen LogP contribution in [0.2, 0.25) is 0 Å². The number of hydrogen-bond donors (Lipinski definition) is 0. The van der Waals surface area contributed by atoms with Crippen molar-refractivity contribution in [1.29, 1.82) is 0 Å². The molecule has 0 radical (unpaired) electrons. The quantitative estimate of drug-likeness (QED) is 0.0671. The maximum atomic E-state index is 13.5. The minimum Gasteiger partial charge on any atom is -0.463 e. The molecule has 4 aliphatic rings. The lowest BCUT2D eigenvalue weighted by molar-refractivity contribution is -0.143. The van der Waals surface area contributed by atoms with Crippen LogP contribution in [0.15, 0.2) is 43.5 Å². The molecule has 0 spiro atoms. The van der Waals surface area contributed by atoms with Gasteiger partial charge in [-0.25, -0.2) is 9.59 Å². The fourth-order valence-corrected chi connectivity index (χ4v) is 10.1. The number of hydrogen-bond acceptors (Lipinski definition) is 8. The molecule has 0 saturated heterocycles. The second kappa shape index (κ2) is 21.6. The molecule has 0 N–H and O–H groups in total. The Labute approximate surface area is 324 Å². The first kappa shape index (κ1) is 41.7. The van der Waals surface area contributed by atoms with Gasteiger partial charge < -0.3 is 18.9 Å². The maximum absolute atomic E-state index is 13.5. The first-order valence-electron chi connectivity index (χ1n) is 21.4. The van der Waals surface area contributed by atoms with Crippen LogP contribution in [-0.4, -0.2) is 37.1 Å². The maximum Gasteiger partial charge on any atom is 0.330 e. The Morgan fingerprint density at radius 3 is 1.35 bits per heavy atom. The van der Waals surface area contributed by atoms with E-state index in [1.165, 1.54) is 63.5 Å². The van der Waals surface area contributed by atoms with Crippen LogP contribution in [-0.2, 0) is 35.1 Å². The smallest absolute Gasteiger partial charge is 0.330 e. The second-order valence-corrected chi connectivity index (χ2v) is 16.8. The minimum atomic E-state index is -0.342. The van der Waals surface area contributed by atoms with E-state index in [9.17, 15) is 19.2 Å². The number of carbonyl (C=O) groups is 4. The molecule has 0 bridgehead atoms. The third kappa shape index (κ3) is 12.6. The van der Waals surface area contributed by atoms with Gasteiger partial charge in [-0.15, -0.1) is 0 Å². The number of ether oxygens (including phenoxy) is 4. The third-order valence-electron chi connectivity index (χ3n) is 13.5. The van der Waals surface area contributed by atoms with Crippen molar-refractivity contribution in [3.05, 3.63) is 49.1 Å². The predicted molar refractivity (Wildman–Crippen MR) is 210 cm³/mol. The Morgan fingerprint density at radius 2 is 0.963 bits per heavy atom. The first-order chi connectivity index (χ1) is 26.3. The van der Waals surface area contributed by atoms with Crippen molar-refractivity contribution in [3.63, 3.8) is 0 Å². The molecule has 5 rings (SSSR count). The number of rotatable bonds is 17. The van der Waals surface area contributed by atoms with Crippen molar-refractivity contribution in [3.8, 4) is 11.5 Å². The Kier molecular flexibility index (Phi) is 16.7. The molecular weight excluding hydrogens is 680 g/mol. The average Bonchev–Trinajstić information content (AvgIpc) is 3.22. The molecule has 54 heavy (non-hydrogen) atoms. The molecule has 4 saturated carbocycles. The van der Waals surface area contributed by atoms with Gasteiger partial charge in [0.25, 0.3) is 0 Å². The van der Waals surface area contributed by atoms with Gasteiger partial charge in [-0.3, -0.25) is 9.59 Å². The van der Waals surface area contributed by atoms with Gasteiger partial charge in [-0.05, 0) is 162 Å². The summed E-state index contributed by atoms with van der Waals surface area (Å²) in [7, 11) is 0. The summed E-state index contributed by atoms with van der Waals surface area (Å²) in [6, 6.07) is 5.63. The summed E-state index contributed by atoms with van der Waals surface area (Å²) in [6.07, 6.45) is 24.8. The van der Waals surface area contributed by atoms with Crippen LogP contribution in [0.25, 0.3) is 0 Å². The molecule has 0 aliphatic heterocycles. The fraction of sp³-hybridized carbons (Fsp3) is 0.696. The van der Waals surface area contributed by atoms with E-state index in [1.54, 1.807) is 6.07 Å². The Hall–Kier alpha value is -3.42.